The monoisotopic (exact) mass is 273 g/mol. The molecule has 0 aliphatic rings. The Labute approximate surface area is 113 Å². The number of anilines is 2. The van der Waals surface area contributed by atoms with Crippen molar-refractivity contribution in [2.75, 3.05) is 5.32 Å². The van der Waals surface area contributed by atoms with Gasteiger partial charge in [-0.05, 0) is 24.3 Å². The van der Waals surface area contributed by atoms with Crippen LogP contribution in [-0.2, 0) is 0 Å². The normalized spacial score (nSPS) is 10.4. The van der Waals surface area contributed by atoms with Crippen LogP contribution < -0.4 is 5.32 Å². The van der Waals surface area contributed by atoms with Crippen molar-refractivity contribution in [1.82, 2.24) is 20.2 Å². The minimum atomic E-state index is 0.281. The third-order valence-electron chi connectivity index (χ3n) is 2.30. The molecule has 7 heteroatoms. The van der Waals surface area contributed by atoms with E-state index >= 15 is 0 Å². The van der Waals surface area contributed by atoms with Crippen LogP contribution in [0.5, 0.6) is 0 Å². The van der Waals surface area contributed by atoms with Gasteiger partial charge in [0.1, 0.15) is 5.69 Å². The van der Waals surface area contributed by atoms with Gasteiger partial charge < -0.3 is 9.73 Å². The average molecular weight is 274 g/mol. The highest BCUT2D eigenvalue weighted by atomic mass is 35.5. The summed E-state index contributed by atoms with van der Waals surface area (Å²) < 4.78 is 5.44. The topological polar surface area (TPSA) is 76.7 Å². The van der Waals surface area contributed by atoms with Crippen LogP contribution in [-0.4, -0.2) is 20.2 Å². The zero-order valence-electron chi connectivity index (χ0n) is 9.62. The van der Waals surface area contributed by atoms with E-state index < -0.39 is 0 Å². The molecule has 6 nitrogen and oxygen atoms in total. The molecule has 19 heavy (non-hydrogen) atoms. The quantitative estimate of drug-likeness (QED) is 0.791. The van der Waals surface area contributed by atoms with Crippen molar-refractivity contribution in [3.8, 4) is 11.6 Å². The first-order valence-electron chi connectivity index (χ1n) is 5.44. The number of rotatable bonds is 3. The van der Waals surface area contributed by atoms with Gasteiger partial charge in [-0.1, -0.05) is 16.7 Å². The van der Waals surface area contributed by atoms with E-state index in [1.54, 1.807) is 30.7 Å². The number of halogens is 1. The van der Waals surface area contributed by atoms with E-state index in [1.807, 2.05) is 12.1 Å². The molecular formula is C12H8ClN5O. The maximum atomic E-state index is 5.80. The van der Waals surface area contributed by atoms with Crippen LogP contribution >= 0.6 is 11.6 Å². The lowest BCUT2D eigenvalue weighted by molar-refractivity contribution is 0.585. The molecule has 0 bridgehead atoms. The SMILES string of the molecule is Clc1ccc(Nc2nnc(-c3cnccn3)o2)cc1. The molecule has 0 aliphatic carbocycles. The molecule has 1 aromatic carbocycles. The second kappa shape index (κ2) is 5.03. The van der Waals surface area contributed by atoms with Crippen LogP contribution in [0.2, 0.25) is 5.02 Å². The number of nitrogens with one attached hydrogen (secondary N) is 1. The van der Waals surface area contributed by atoms with Crippen molar-refractivity contribution in [2.45, 2.75) is 0 Å². The Kier molecular flexibility index (Phi) is 3.07. The molecule has 0 saturated heterocycles. The van der Waals surface area contributed by atoms with Crippen LogP contribution in [0.4, 0.5) is 11.7 Å². The molecule has 0 fully saturated rings. The van der Waals surface area contributed by atoms with Gasteiger partial charge in [-0.25, -0.2) is 4.98 Å². The highest BCUT2D eigenvalue weighted by Gasteiger charge is 2.09. The molecule has 1 N–H and O–H groups in total. The third kappa shape index (κ3) is 2.69. The molecule has 0 amide bonds. The largest absolute Gasteiger partial charge is 0.401 e. The smallest absolute Gasteiger partial charge is 0.320 e. The average Bonchev–Trinajstić information content (AvgIpc) is 2.91. The maximum absolute atomic E-state index is 5.80. The van der Waals surface area contributed by atoms with Gasteiger partial charge in [-0.3, -0.25) is 4.98 Å². The molecule has 0 radical (unpaired) electrons. The summed E-state index contributed by atoms with van der Waals surface area (Å²) in [5.41, 5.74) is 1.33. The number of hydrogen-bond donors (Lipinski definition) is 1. The molecule has 0 saturated carbocycles. The van der Waals surface area contributed by atoms with E-state index in [9.17, 15) is 0 Å². The van der Waals surface area contributed by atoms with E-state index in [-0.39, 0.29) is 6.01 Å². The lowest BCUT2D eigenvalue weighted by Gasteiger charge is -2.00. The molecular weight excluding hydrogens is 266 g/mol. The predicted octanol–water partition coefficient (Wildman–Crippen LogP) is 2.92. The fraction of sp³-hybridized carbons (Fsp3) is 0. The summed E-state index contributed by atoms with van der Waals surface area (Å²) >= 11 is 5.80. The second-order valence-corrected chi connectivity index (χ2v) is 4.07. The molecule has 3 aromatic rings. The van der Waals surface area contributed by atoms with Crippen molar-refractivity contribution in [1.29, 1.82) is 0 Å². The fourth-order valence-corrected chi connectivity index (χ4v) is 1.57. The summed E-state index contributed by atoms with van der Waals surface area (Å²) in [7, 11) is 0. The summed E-state index contributed by atoms with van der Waals surface area (Å²) in [5, 5.41) is 11.4. The van der Waals surface area contributed by atoms with E-state index in [2.05, 4.69) is 25.5 Å². The summed E-state index contributed by atoms with van der Waals surface area (Å²) in [5.74, 6) is 0.310. The first-order chi connectivity index (χ1) is 9.31. The van der Waals surface area contributed by atoms with Crippen molar-refractivity contribution in [3.05, 3.63) is 47.9 Å². The molecule has 0 spiro atoms. The van der Waals surface area contributed by atoms with Gasteiger partial charge in [0, 0.05) is 23.1 Å². The third-order valence-corrected chi connectivity index (χ3v) is 2.55. The molecule has 2 heterocycles. The van der Waals surface area contributed by atoms with Crippen molar-refractivity contribution in [2.24, 2.45) is 0 Å². The molecule has 2 aromatic heterocycles. The van der Waals surface area contributed by atoms with Gasteiger partial charge in [0.15, 0.2) is 0 Å². The van der Waals surface area contributed by atoms with Crippen LogP contribution in [0.15, 0.2) is 47.3 Å². The molecule has 0 aliphatic heterocycles. The Morgan fingerprint density at radius 3 is 2.63 bits per heavy atom. The predicted molar refractivity (Wildman–Crippen MR) is 70.1 cm³/mol. The molecule has 0 unspecified atom stereocenters. The van der Waals surface area contributed by atoms with Crippen molar-refractivity contribution >= 4 is 23.3 Å². The first-order valence-corrected chi connectivity index (χ1v) is 5.81. The van der Waals surface area contributed by atoms with E-state index in [4.69, 9.17) is 16.0 Å². The second-order valence-electron chi connectivity index (χ2n) is 3.63. The Morgan fingerprint density at radius 2 is 1.89 bits per heavy atom. The zero-order valence-corrected chi connectivity index (χ0v) is 10.4. The number of hydrogen-bond acceptors (Lipinski definition) is 6. The van der Waals surface area contributed by atoms with Crippen molar-refractivity contribution < 1.29 is 4.42 Å². The van der Waals surface area contributed by atoms with Crippen LogP contribution in [0, 0.1) is 0 Å². The van der Waals surface area contributed by atoms with Gasteiger partial charge >= 0.3 is 6.01 Å². The Balaban J connectivity index is 1.80. The van der Waals surface area contributed by atoms with Crippen LogP contribution in [0.3, 0.4) is 0 Å². The zero-order chi connectivity index (χ0) is 13.1. The summed E-state index contributed by atoms with van der Waals surface area (Å²) in [6, 6.07) is 7.44. The summed E-state index contributed by atoms with van der Waals surface area (Å²) in [6.07, 6.45) is 4.69. The number of nitrogens with zero attached hydrogens (tertiary/aromatic N) is 4. The Hall–Kier alpha value is -2.47. The van der Waals surface area contributed by atoms with Gasteiger partial charge in [0.25, 0.3) is 5.89 Å². The van der Waals surface area contributed by atoms with Gasteiger partial charge in [-0.15, -0.1) is 5.10 Å². The minimum Gasteiger partial charge on any atom is -0.401 e. The summed E-state index contributed by atoms with van der Waals surface area (Å²) in [4.78, 5) is 8.02. The Bertz CT molecular complexity index is 668. The maximum Gasteiger partial charge on any atom is 0.320 e. The van der Waals surface area contributed by atoms with E-state index in [1.165, 1.54) is 0 Å². The van der Waals surface area contributed by atoms with Gasteiger partial charge in [0.2, 0.25) is 0 Å². The van der Waals surface area contributed by atoms with Crippen molar-refractivity contribution in [3.63, 3.8) is 0 Å². The van der Waals surface area contributed by atoms with E-state index in [0.717, 1.165) is 5.69 Å². The summed E-state index contributed by atoms with van der Waals surface area (Å²) in [6.45, 7) is 0. The van der Waals surface area contributed by atoms with E-state index in [0.29, 0.717) is 16.6 Å². The minimum absolute atomic E-state index is 0.281. The first kappa shape index (κ1) is 11.6. The highest BCUT2D eigenvalue weighted by Crippen LogP contribution is 2.21. The molecule has 3 rings (SSSR count). The highest BCUT2D eigenvalue weighted by molar-refractivity contribution is 6.30. The molecule has 0 atom stereocenters. The van der Waals surface area contributed by atoms with Crippen LogP contribution in [0.25, 0.3) is 11.6 Å². The van der Waals surface area contributed by atoms with Crippen LogP contribution in [0.1, 0.15) is 0 Å². The fourth-order valence-electron chi connectivity index (χ4n) is 1.44. The number of benzene rings is 1. The standard InChI is InChI=1S/C12H8ClN5O/c13-8-1-3-9(4-2-8)16-12-18-17-11(19-12)10-7-14-5-6-15-10/h1-7H,(H,16,18). The molecule has 94 valence electrons. The lowest BCUT2D eigenvalue weighted by atomic mass is 10.3. The number of aromatic nitrogens is 4. The van der Waals surface area contributed by atoms with Gasteiger partial charge in [0.05, 0.1) is 6.20 Å². The lowest BCUT2D eigenvalue weighted by Crippen LogP contribution is -1.89. The Morgan fingerprint density at radius 1 is 1.05 bits per heavy atom. The van der Waals surface area contributed by atoms with Gasteiger partial charge in [-0.2, -0.15) is 0 Å².